The zero-order valence-corrected chi connectivity index (χ0v) is 12.3. The van der Waals surface area contributed by atoms with Crippen LogP contribution in [-0.2, 0) is 0 Å². The average Bonchev–Trinajstić information content (AvgIpc) is 2.81. The highest BCUT2D eigenvalue weighted by Crippen LogP contribution is 2.30. The summed E-state index contributed by atoms with van der Waals surface area (Å²) < 4.78 is 1.06. The summed E-state index contributed by atoms with van der Waals surface area (Å²) in [6, 6.07) is 8.29. The van der Waals surface area contributed by atoms with E-state index in [0.29, 0.717) is 0 Å². The topological polar surface area (TPSA) is 44.8 Å². The molecule has 0 aliphatic carbocycles. The summed E-state index contributed by atoms with van der Waals surface area (Å²) in [6.07, 6.45) is 3.39. The van der Waals surface area contributed by atoms with Crippen molar-refractivity contribution in [1.29, 1.82) is 0 Å². The van der Waals surface area contributed by atoms with Crippen LogP contribution in [0, 0.1) is 0 Å². The van der Waals surface area contributed by atoms with Crippen LogP contribution in [0.2, 0.25) is 0 Å². The summed E-state index contributed by atoms with van der Waals surface area (Å²) in [5.41, 5.74) is 4.97. The van der Waals surface area contributed by atoms with Crippen molar-refractivity contribution in [1.82, 2.24) is 15.0 Å². The van der Waals surface area contributed by atoms with Crippen LogP contribution in [0.25, 0.3) is 22.4 Å². The van der Waals surface area contributed by atoms with Gasteiger partial charge in [0.2, 0.25) is 0 Å². The number of nitrogens with zero attached hydrogens (tertiary/aromatic N) is 3. The van der Waals surface area contributed by atoms with Crippen molar-refractivity contribution in [3.8, 4) is 11.3 Å². The third-order valence-electron chi connectivity index (χ3n) is 3.00. The minimum Gasteiger partial charge on any atom is -0.377 e. The van der Waals surface area contributed by atoms with Gasteiger partial charge >= 0.3 is 0 Å². The van der Waals surface area contributed by atoms with E-state index in [1.807, 2.05) is 20.2 Å². The summed E-state index contributed by atoms with van der Waals surface area (Å²) in [6.45, 7) is 0. The zero-order valence-electron chi connectivity index (χ0n) is 10.7. The molecule has 0 spiro atoms. The first-order valence-electron chi connectivity index (χ1n) is 5.92. The molecule has 0 saturated carbocycles. The molecule has 1 aromatic carbocycles. The summed E-state index contributed by atoms with van der Waals surface area (Å²) in [5.74, 6) is 0. The van der Waals surface area contributed by atoms with Crippen molar-refractivity contribution in [2.24, 2.45) is 0 Å². The molecular weight excluding hydrogens is 304 g/mol. The molecule has 0 radical (unpaired) electrons. The number of hydrogen-bond acceptors (Lipinski definition) is 3. The number of anilines is 1. The molecule has 4 nitrogen and oxygen atoms in total. The first kappa shape index (κ1) is 12.2. The largest absolute Gasteiger partial charge is 0.377 e. The lowest BCUT2D eigenvalue weighted by molar-refractivity contribution is 1.12. The van der Waals surface area contributed by atoms with Gasteiger partial charge in [0.15, 0.2) is 5.65 Å². The van der Waals surface area contributed by atoms with Crippen LogP contribution in [0.3, 0.4) is 0 Å². The third kappa shape index (κ3) is 2.21. The maximum absolute atomic E-state index is 4.28. The molecule has 0 amide bonds. The van der Waals surface area contributed by atoms with Crippen LogP contribution >= 0.6 is 15.9 Å². The molecule has 5 heteroatoms. The molecule has 96 valence electrons. The highest BCUT2D eigenvalue weighted by molar-refractivity contribution is 9.10. The van der Waals surface area contributed by atoms with Crippen molar-refractivity contribution >= 4 is 32.8 Å². The van der Waals surface area contributed by atoms with Crippen LogP contribution in [0.4, 0.5) is 5.69 Å². The minimum absolute atomic E-state index is 0.810. The van der Waals surface area contributed by atoms with E-state index in [0.717, 1.165) is 32.6 Å². The zero-order chi connectivity index (χ0) is 13.4. The van der Waals surface area contributed by atoms with Gasteiger partial charge in [-0.1, -0.05) is 6.07 Å². The monoisotopic (exact) mass is 316 g/mol. The van der Waals surface area contributed by atoms with Gasteiger partial charge in [0, 0.05) is 36.7 Å². The fourth-order valence-electron chi connectivity index (χ4n) is 2.04. The second-order valence-corrected chi connectivity index (χ2v) is 5.39. The Morgan fingerprint density at radius 3 is 2.58 bits per heavy atom. The Morgan fingerprint density at radius 1 is 1.11 bits per heavy atom. The van der Waals surface area contributed by atoms with Gasteiger partial charge in [-0.2, -0.15) is 0 Å². The first-order valence-corrected chi connectivity index (χ1v) is 6.71. The normalized spacial score (nSPS) is 10.9. The minimum atomic E-state index is 0.810. The molecular formula is C14H13BrN4. The lowest BCUT2D eigenvalue weighted by Crippen LogP contribution is -2.09. The summed E-state index contributed by atoms with van der Waals surface area (Å²) in [5, 5.41) is 0. The molecule has 0 fully saturated rings. The van der Waals surface area contributed by atoms with Crippen molar-refractivity contribution in [3.63, 3.8) is 0 Å². The van der Waals surface area contributed by atoms with E-state index in [-0.39, 0.29) is 0 Å². The molecule has 0 bridgehead atoms. The Kier molecular flexibility index (Phi) is 2.98. The predicted molar refractivity (Wildman–Crippen MR) is 81.4 cm³/mol. The molecule has 3 rings (SSSR count). The molecule has 19 heavy (non-hydrogen) atoms. The van der Waals surface area contributed by atoms with Gasteiger partial charge in [-0.05, 0) is 39.7 Å². The number of hydrogen-bond donors (Lipinski definition) is 1. The van der Waals surface area contributed by atoms with Crippen LogP contribution in [0.1, 0.15) is 0 Å². The van der Waals surface area contributed by atoms with E-state index in [1.165, 1.54) is 0 Å². The summed E-state index contributed by atoms with van der Waals surface area (Å²) in [4.78, 5) is 13.9. The standard InChI is InChI=1S/C14H13BrN4/c1-19(2)13-4-3-9(7-10(13)15)11-8-12-14(18-11)17-6-5-16-12/h3-8H,1-2H3,(H,17,18). The van der Waals surface area contributed by atoms with Crippen LogP contribution in [-0.4, -0.2) is 29.0 Å². The molecule has 2 heterocycles. The van der Waals surface area contributed by atoms with Crippen molar-refractivity contribution in [2.75, 3.05) is 19.0 Å². The van der Waals surface area contributed by atoms with Gasteiger partial charge in [0.05, 0.1) is 5.69 Å². The van der Waals surface area contributed by atoms with Crippen LogP contribution < -0.4 is 4.90 Å². The van der Waals surface area contributed by atoms with Gasteiger partial charge in [0.1, 0.15) is 5.52 Å². The van der Waals surface area contributed by atoms with Crippen LogP contribution in [0.5, 0.6) is 0 Å². The van der Waals surface area contributed by atoms with E-state index in [2.05, 4.69) is 54.0 Å². The van der Waals surface area contributed by atoms with Gasteiger partial charge < -0.3 is 9.88 Å². The molecule has 0 saturated heterocycles. The Labute approximate surface area is 119 Å². The number of aromatic amines is 1. The van der Waals surface area contributed by atoms with Gasteiger partial charge in [0.25, 0.3) is 0 Å². The van der Waals surface area contributed by atoms with E-state index in [1.54, 1.807) is 12.4 Å². The maximum Gasteiger partial charge on any atom is 0.156 e. The number of H-pyrrole nitrogens is 1. The molecule has 0 unspecified atom stereocenters. The molecule has 2 aromatic heterocycles. The lowest BCUT2D eigenvalue weighted by Gasteiger charge is -2.15. The molecule has 3 aromatic rings. The number of nitrogens with one attached hydrogen (secondary N) is 1. The number of halogens is 1. The van der Waals surface area contributed by atoms with Gasteiger partial charge in [-0.3, -0.25) is 4.98 Å². The Hall–Kier alpha value is -1.88. The van der Waals surface area contributed by atoms with Crippen molar-refractivity contribution in [3.05, 3.63) is 41.1 Å². The fraction of sp³-hybridized carbons (Fsp3) is 0.143. The van der Waals surface area contributed by atoms with Crippen molar-refractivity contribution in [2.45, 2.75) is 0 Å². The SMILES string of the molecule is CN(C)c1ccc(-c2cc3nccnc3[nH]2)cc1Br. The Balaban J connectivity index is 2.09. The number of benzene rings is 1. The molecule has 1 N–H and O–H groups in total. The quantitative estimate of drug-likeness (QED) is 0.787. The van der Waals surface area contributed by atoms with E-state index in [9.17, 15) is 0 Å². The smallest absolute Gasteiger partial charge is 0.156 e. The predicted octanol–water partition coefficient (Wildman–Crippen LogP) is 3.45. The number of rotatable bonds is 2. The van der Waals surface area contributed by atoms with E-state index >= 15 is 0 Å². The average molecular weight is 317 g/mol. The number of fused-ring (bicyclic) bond motifs is 1. The second kappa shape index (κ2) is 4.66. The lowest BCUT2D eigenvalue weighted by atomic mass is 10.1. The number of aromatic nitrogens is 3. The highest BCUT2D eigenvalue weighted by atomic mass is 79.9. The maximum atomic E-state index is 4.28. The summed E-state index contributed by atoms with van der Waals surface area (Å²) >= 11 is 3.60. The Bertz CT molecular complexity index is 700. The fourth-order valence-corrected chi connectivity index (χ4v) is 2.78. The molecule has 0 aliphatic heterocycles. The highest BCUT2D eigenvalue weighted by Gasteiger charge is 2.08. The van der Waals surface area contributed by atoms with Crippen LogP contribution in [0.15, 0.2) is 41.1 Å². The molecule has 0 aliphatic rings. The second-order valence-electron chi connectivity index (χ2n) is 4.53. The summed E-state index contributed by atoms with van der Waals surface area (Å²) in [7, 11) is 4.05. The Morgan fingerprint density at radius 2 is 1.89 bits per heavy atom. The first-order chi connectivity index (χ1) is 9.15. The van der Waals surface area contributed by atoms with Crippen molar-refractivity contribution < 1.29 is 0 Å². The molecule has 0 atom stereocenters. The van der Waals surface area contributed by atoms with E-state index < -0.39 is 0 Å². The third-order valence-corrected chi connectivity index (χ3v) is 3.64. The van der Waals surface area contributed by atoms with Gasteiger partial charge in [-0.25, -0.2) is 4.98 Å². The van der Waals surface area contributed by atoms with E-state index in [4.69, 9.17) is 0 Å². The van der Waals surface area contributed by atoms with Gasteiger partial charge in [-0.15, -0.1) is 0 Å².